The molecule has 1 aromatic rings. The summed E-state index contributed by atoms with van der Waals surface area (Å²) in [4.78, 5) is 16.6. The fraction of sp³-hybridized carbons (Fsp3) is 0.562. The number of nitrogens with zero attached hydrogens (tertiary/aromatic N) is 2. The van der Waals surface area contributed by atoms with Crippen molar-refractivity contribution >= 4 is 17.2 Å². The molecule has 2 aliphatic rings. The third kappa shape index (κ3) is 2.66. The number of hydrogen-bond donors (Lipinski definition) is 0. The number of carbonyl (C=O) groups excluding carboxylic acids is 1. The fourth-order valence-corrected chi connectivity index (χ4v) is 3.06. The van der Waals surface area contributed by atoms with E-state index in [1.807, 2.05) is 6.07 Å². The van der Waals surface area contributed by atoms with E-state index >= 15 is 0 Å². The third-order valence-electron chi connectivity index (χ3n) is 4.18. The van der Waals surface area contributed by atoms with Crippen LogP contribution in [0.5, 0.6) is 0 Å². The van der Waals surface area contributed by atoms with Crippen LogP contribution in [0.3, 0.4) is 0 Å². The van der Waals surface area contributed by atoms with Gasteiger partial charge >= 0.3 is 0 Å². The van der Waals surface area contributed by atoms with Crippen LogP contribution in [-0.4, -0.2) is 45.2 Å². The molecule has 0 N–H and O–H groups in total. The van der Waals surface area contributed by atoms with Crippen LogP contribution in [-0.2, 0) is 4.74 Å². The Morgan fingerprint density at radius 3 is 2.40 bits per heavy atom. The molecule has 0 radical (unpaired) electrons. The van der Waals surface area contributed by atoms with E-state index in [4.69, 9.17) is 4.74 Å². The van der Waals surface area contributed by atoms with E-state index in [1.54, 1.807) is 6.92 Å². The molecule has 0 bridgehead atoms. The molecule has 3 rings (SSSR count). The lowest BCUT2D eigenvalue weighted by Gasteiger charge is -2.31. The molecular formula is C16H22N2O2. The predicted octanol–water partition coefficient (Wildman–Crippen LogP) is 2.33. The number of carbonyl (C=O) groups is 1. The summed E-state index contributed by atoms with van der Waals surface area (Å²) in [7, 11) is 0. The van der Waals surface area contributed by atoms with E-state index in [0.29, 0.717) is 0 Å². The summed E-state index contributed by atoms with van der Waals surface area (Å²) >= 11 is 0. The summed E-state index contributed by atoms with van der Waals surface area (Å²) in [6.07, 6.45) is 2.53. The molecule has 2 heterocycles. The Morgan fingerprint density at radius 2 is 1.75 bits per heavy atom. The molecular weight excluding hydrogens is 252 g/mol. The predicted molar refractivity (Wildman–Crippen MR) is 80.9 cm³/mol. The highest BCUT2D eigenvalue weighted by atomic mass is 16.5. The van der Waals surface area contributed by atoms with Crippen molar-refractivity contribution in [3.05, 3.63) is 23.8 Å². The van der Waals surface area contributed by atoms with E-state index in [9.17, 15) is 4.79 Å². The van der Waals surface area contributed by atoms with E-state index in [2.05, 4.69) is 21.9 Å². The van der Waals surface area contributed by atoms with Gasteiger partial charge in [0.2, 0.25) is 0 Å². The van der Waals surface area contributed by atoms with Crippen molar-refractivity contribution in [3.63, 3.8) is 0 Å². The number of hydrogen-bond acceptors (Lipinski definition) is 4. The average Bonchev–Trinajstić information content (AvgIpc) is 3.02. The normalized spacial score (nSPS) is 19.4. The van der Waals surface area contributed by atoms with Gasteiger partial charge in [0.1, 0.15) is 0 Å². The number of ketones is 1. The van der Waals surface area contributed by atoms with Gasteiger partial charge in [-0.1, -0.05) is 0 Å². The maximum atomic E-state index is 11.9. The summed E-state index contributed by atoms with van der Waals surface area (Å²) in [5, 5.41) is 0. The minimum Gasteiger partial charge on any atom is -0.378 e. The number of ether oxygens (including phenoxy) is 1. The Balaban J connectivity index is 1.93. The molecule has 108 valence electrons. The highest BCUT2D eigenvalue weighted by molar-refractivity contribution is 6.00. The Kier molecular flexibility index (Phi) is 3.92. The highest BCUT2D eigenvalue weighted by Gasteiger charge is 2.20. The number of anilines is 2. The SMILES string of the molecule is CC(=O)c1ccc(N2CCCC2)cc1N1CCOCC1. The van der Waals surface area contributed by atoms with Gasteiger partial charge in [0.15, 0.2) is 5.78 Å². The Bertz CT molecular complexity index is 489. The second-order valence-corrected chi connectivity index (χ2v) is 5.55. The van der Waals surface area contributed by atoms with Crippen LogP contribution >= 0.6 is 0 Å². The van der Waals surface area contributed by atoms with Gasteiger partial charge in [0.25, 0.3) is 0 Å². The van der Waals surface area contributed by atoms with E-state index < -0.39 is 0 Å². The van der Waals surface area contributed by atoms with Crippen molar-refractivity contribution in [2.75, 3.05) is 49.2 Å². The molecule has 2 fully saturated rings. The minimum atomic E-state index is 0.138. The molecule has 0 aromatic heterocycles. The molecule has 0 saturated carbocycles. The lowest BCUT2D eigenvalue weighted by atomic mass is 10.1. The molecule has 4 nitrogen and oxygen atoms in total. The first kappa shape index (κ1) is 13.4. The Morgan fingerprint density at radius 1 is 1.05 bits per heavy atom. The molecule has 0 spiro atoms. The van der Waals surface area contributed by atoms with Crippen molar-refractivity contribution in [1.29, 1.82) is 0 Å². The number of benzene rings is 1. The van der Waals surface area contributed by atoms with E-state index in [0.717, 1.165) is 50.6 Å². The van der Waals surface area contributed by atoms with Crippen LogP contribution in [0.15, 0.2) is 18.2 Å². The Hall–Kier alpha value is -1.55. The fourth-order valence-electron chi connectivity index (χ4n) is 3.06. The monoisotopic (exact) mass is 274 g/mol. The van der Waals surface area contributed by atoms with Crippen LogP contribution in [0.2, 0.25) is 0 Å². The maximum Gasteiger partial charge on any atom is 0.161 e. The maximum absolute atomic E-state index is 11.9. The molecule has 0 aliphatic carbocycles. The van der Waals surface area contributed by atoms with Crippen LogP contribution in [0.4, 0.5) is 11.4 Å². The molecule has 1 aromatic carbocycles. The lowest BCUT2D eigenvalue weighted by Crippen LogP contribution is -2.37. The van der Waals surface area contributed by atoms with Gasteiger partial charge in [-0.05, 0) is 38.0 Å². The molecule has 0 atom stereocenters. The van der Waals surface area contributed by atoms with Crippen molar-refractivity contribution in [1.82, 2.24) is 0 Å². The third-order valence-corrected chi connectivity index (χ3v) is 4.18. The molecule has 20 heavy (non-hydrogen) atoms. The van der Waals surface area contributed by atoms with Gasteiger partial charge in [0, 0.05) is 43.1 Å². The first-order valence-electron chi connectivity index (χ1n) is 7.48. The topological polar surface area (TPSA) is 32.8 Å². The molecule has 2 aliphatic heterocycles. The van der Waals surface area contributed by atoms with Gasteiger partial charge in [-0.3, -0.25) is 4.79 Å². The van der Waals surface area contributed by atoms with Crippen molar-refractivity contribution in [2.24, 2.45) is 0 Å². The zero-order valence-corrected chi connectivity index (χ0v) is 12.1. The summed E-state index contributed by atoms with van der Waals surface area (Å²) in [6.45, 7) is 7.11. The van der Waals surface area contributed by atoms with Crippen LogP contribution < -0.4 is 9.80 Å². The average molecular weight is 274 g/mol. The first-order valence-corrected chi connectivity index (χ1v) is 7.48. The minimum absolute atomic E-state index is 0.138. The first-order chi connectivity index (χ1) is 9.75. The van der Waals surface area contributed by atoms with E-state index in [-0.39, 0.29) is 5.78 Å². The van der Waals surface area contributed by atoms with Gasteiger partial charge in [0.05, 0.1) is 13.2 Å². The lowest BCUT2D eigenvalue weighted by molar-refractivity contribution is 0.101. The number of rotatable bonds is 3. The second-order valence-electron chi connectivity index (χ2n) is 5.55. The molecule has 4 heteroatoms. The summed E-state index contributed by atoms with van der Waals surface area (Å²) < 4.78 is 5.41. The smallest absolute Gasteiger partial charge is 0.161 e. The van der Waals surface area contributed by atoms with Crippen LogP contribution in [0.25, 0.3) is 0 Å². The molecule has 0 amide bonds. The number of Topliss-reactive ketones (excluding diaryl/α,β-unsaturated/α-hetero) is 1. The summed E-state index contributed by atoms with van der Waals surface area (Å²) in [5.74, 6) is 0.138. The van der Waals surface area contributed by atoms with Gasteiger partial charge in [-0.2, -0.15) is 0 Å². The van der Waals surface area contributed by atoms with E-state index in [1.165, 1.54) is 18.5 Å². The quantitative estimate of drug-likeness (QED) is 0.792. The standard InChI is InChI=1S/C16H22N2O2/c1-13(19)15-5-4-14(17-6-2-3-7-17)12-16(15)18-8-10-20-11-9-18/h4-5,12H,2-3,6-11H2,1H3. The highest BCUT2D eigenvalue weighted by Crippen LogP contribution is 2.29. The van der Waals surface area contributed by atoms with Gasteiger partial charge in [-0.25, -0.2) is 0 Å². The zero-order chi connectivity index (χ0) is 13.9. The number of morpholine rings is 1. The zero-order valence-electron chi connectivity index (χ0n) is 12.1. The molecule has 0 unspecified atom stereocenters. The van der Waals surface area contributed by atoms with Crippen molar-refractivity contribution < 1.29 is 9.53 Å². The second kappa shape index (κ2) is 5.83. The van der Waals surface area contributed by atoms with Crippen molar-refractivity contribution in [2.45, 2.75) is 19.8 Å². The van der Waals surface area contributed by atoms with Gasteiger partial charge < -0.3 is 14.5 Å². The molecule has 2 saturated heterocycles. The Labute approximate surface area is 120 Å². The largest absolute Gasteiger partial charge is 0.378 e. The van der Waals surface area contributed by atoms with Gasteiger partial charge in [-0.15, -0.1) is 0 Å². The summed E-state index contributed by atoms with van der Waals surface area (Å²) in [6, 6.07) is 6.26. The summed E-state index contributed by atoms with van der Waals surface area (Å²) in [5.41, 5.74) is 3.15. The van der Waals surface area contributed by atoms with Crippen LogP contribution in [0.1, 0.15) is 30.1 Å². The van der Waals surface area contributed by atoms with Crippen molar-refractivity contribution in [3.8, 4) is 0 Å². The van der Waals surface area contributed by atoms with Crippen LogP contribution in [0, 0.1) is 0 Å².